The van der Waals surface area contributed by atoms with Crippen molar-refractivity contribution in [1.29, 1.82) is 0 Å². The molecule has 1 aliphatic rings. The van der Waals surface area contributed by atoms with Gasteiger partial charge in [-0.3, -0.25) is 0 Å². The van der Waals surface area contributed by atoms with Gasteiger partial charge in [0.15, 0.2) is 0 Å². The smallest absolute Gasteiger partial charge is 0.139 e. The maximum Gasteiger partial charge on any atom is 0.139 e. The summed E-state index contributed by atoms with van der Waals surface area (Å²) in [7, 11) is 0. The fourth-order valence-electron chi connectivity index (χ4n) is 1.69. The molecule has 0 unspecified atom stereocenters. The number of fused-ring (bicyclic) bond motifs is 1. The third kappa shape index (κ3) is 0.886. The van der Waals surface area contributed by atoms with Crippen molar-refractivity contribution in [1.82, 2.24) is 0 Å². The SMILES string of the molecule is C=CC1=C(C)c2cc(N)c(O)cc21. The van der Waals surface area contributed by atoms with Crippen LogP contribution in [0, 0.1) is 0 Å². The van der Waals surface area contributed by atoms with E-state index in [1.165, 1.54) is 5.57 Å². The maximum absolute atomic E-state index is 9.38. The van der Waals surface area contributed by atoms with Crippen LogP contribution >= 0.6 is 0 Å². The number of hydrogen-bond acceptors (Lipinski definition) is 2. The summed E-state index contributed by atoms with van der Waals surface area (Å²) in [6, 6.07) is 3.49. The van der Waals surface area contributed by atoms with E-state index in [1.807, 2.05) is 6.92 Å². The number of rotatable bonds is 1. The van der Waals surface area contributed by atoms with Crippen LogP contribution in [0.5, 0.6) is 5.75 Å². The Kier molecular flexibility index (Phi) is 1.46. The van der Waals surface area contributed by atoms with Crippen molar-refractivity contribution in [2.75, 3.05) is 5.73 Å². The van der Waals surface area contributed by atoms with Gasteiger partial charge in [0, 0.05) is 0 Å². The first-order chi connectivity index (χ1) is 6.15. The molecule has 0 atom stereocenters. The van der Waals surface area contributed by atoms with E-state index in [1.54, 1.807) is 18.2 Å². The molecule has 0 aromatic heterocycles. The van der Waals surface area contributed by atoms with E-state index in [-0.39, 0.29) is 5.75 Å². The van der Waals surface area contributed by atoms with Crippen LogP contribution in [0.3, 0.4) is 0 Å². The van der Waals surface area contributed by atoms with Gasteiger partial charge >= 0.3 is 0 Å². The summed E-state index contributed by atoms with van der Waals surface area (Å²) >= 11 is 0. The first kappa shape index (κ1) is 7.92. The number of anilines is 1. The normalized spacial score (nSPS) is 13.6. The van der Waals surface area contributed by atoms with Gasteiger partial charge in [-0.05, 0) is 41.3 Å². The second kappa shape index (κ2) is 2.39. The molecule has 66 valence electrons. The zero-order valence-corrected chi connectivity index (χ0v) is 7.46. The van der Waals surface area contributed by atoms with E-state index >= 15 is 0 Å². The number of phenolic OH excluding ortho intramolecular Hbond substituents is 1. The second-order valence-corrected chi connectivity index (χ2v) is 3.20. The fraction of sp³-hybridized carbons (Fsp3) is 0.0909. The largest absolute Gasteiger partial charge is 0.506 e. The van der Waals surface area contributed by atoms with Gasteiger partial charge in [0.05, 0.1) is 5.69 Å². The van der Waals surface area contributed by atoms with Gasteiger partial charge in [-0.2, -0.15) is 0 Å². The molecule has 0 radical (unpaired) electrons. The number of nitrogens with two attached hydrogens (primary N) is 1. The molecule has 0 amide bonds. The minimum Gasteiger partial charge on any atom is -0.506 e. The molecule has 2 nitrogen and oxygen atoms in total. The van der Waals surface area contributed by atoms with E-state index in [2.05, 4.69) is 6.58 Å². The molecular formula is C11H11NO. The van der Waals surface area contributed by atoms with Crippen molar-refractivity contribution in [3.8, 4) is 5.75 Å². The van der Waals surface area contributed by atoms with Crippen molar-refractivity contribution >= 4 is 16.8 Å². The summed E-state index contributed by atoms with van der Waals surface area (Å²) in [5, 5.41) is 9.38. The summed E-state index contributed by atoms with van der Waals surface area (Å²) in [4.78, 5) is 0. The molecule has 0 saturated heterocycles. The van der Waals surface area contributed by atoms with Crippen LogP contribution in [0.1, 0.15) is 18.1 Å². The van der Waals surface area contributed by atoms with Crippen LogP contribution in [-0.4, -0.2) is 5.11 Å². The molecule has 0 saturated carbocycles. The van der Waals surface area contributed by atoms with Crippen LogP contribution in [-0.2, 0) is 0 Å². The van der Waals surface area contributed by atoms with Crippen LogP contribution in [0.15, 0.2) is 24.8 Å². The van der Waals surface area contributed by atoms with Gasteiger partial charge in [-0.25, -0.2) is 0 Å². The zero-order chi connectivity index (χ0) is 9.59. The number of hydrogen-bond donors (Lipinski definition) is 2. The quantitative estimate of drug-likeness (QED) is 0.506. The highest BCUT2D eigenvalue weighted by molar-refractivity contribution is 6.07. The van der Waals surface area contributed by atoms with Gasteiger partial charge in [-0.1, -0.05) is 12.7 Å². The van der Waals surface area contributed by atoms with E-state index in [9.17, 15) is 5.11 Å². The first-order valence-electron chi connectivity index (χ1n) is 4.11. The minimum absolute atomic E-state index is 0.144. The van der Waals surface area contributed by atoms with Crippen molar-refractivity contribution in [2.24, 2.45) is 0 Å². The molecule has 0 aliphatic heterocycles. The second-order valence-electron chi connectivity index (χ2n) is 3.20. The first-order valence-corrected chi connectivity index (χ1v) is 4.11. The summed E-state index contributed by atoms with van der Waals surface area (Å²) in [6.07, 6.45) is 1.80. The minimum atomic E-state index is 0.144. The van der Waals surface area contributed by atoms with Crippen molar-refractivity contribution in [3.05, 3.63) is 35.9 Å². The van der Waals surface area contributed by atoms with Crippen LogP contribution in [0.2, 0.25) is 0 Å². The Bertz CT molecular complexity index is 430. The number of benzene rings is 1. The Morgan fingerprint density at radius 2 is 2.08 bits per heavy atom. The third-order valence-corrected chi connectivity index (χ3v) is 2.47. The van der Waals surface area contributed by atoms with Crippen molar-refractivity contribution < 1.29 is 5.11 Å². The van der Waals surface area contributed by atoms with Gasteiger partial charge in [0.25, 0.3) is 0 Å². The average molecular weight is 173 g/mol. The molecule has 2 rings (SSSR count). The summed E-state index contributed by atoms with van der Waals surface area (Å²) < 4.78 is 0. The fourth-order valence-corrected chi connectivity index (χ4v) is 1.69. The van der Waals surface area contributed by atoms with Crippen molar-refractivity contribution in [2.45, 2.75) is 6.92 Å². The molecule has 1 aliphatic carbocycles. The van der Waals surface area contributed by atoms with E-state index in [0.717, 1.165) is 16.7 Å². The van der Waals surface area contributed by atoms with E-state index in [4.69, 9.17) is 5.73 Å². The number of nitrogen functional groups attached to an aromatic ring is 1. The van der Waals surface area contributed by atoms with Gasteiger partial charge < -0.3 is 10.8 Å². The monoisotopic (exact) mass is 173 g/mol. The molecule has 0 bridgehead atoms. The number of phenols is 1. The molecule has 1 aromatic carbocycles. The Hall–Kier alpha value is -1.70. The van der Waals surface area contributed by atoms with Gasteiger partial charge in [-0.15, -0.1) is 0 Å². The lowest BCUT2D eigenvalue weighted by molar-refractivity contribution is 0.477. The predicted octanol–water partition coefficient (Wildman–Crippen LogP) is 2.40. The summed E-state index contributed by atoms with van der Waals surface area (Å²) in [6.45, 7) is 5.74. The van der Waals surface area contributed by atoms with E-state index < -0.39 is 0 Å². The van der Waals surface area contributed by atoms with Crippen molar-refractivity contribution in [3.63, 3.8) is 0 Å². The standard InChI is InChI=1S/C11H11NO/c1-3-7-6(2)8-4-10(12)11(13)5-9(7)8/h3-5,13H,1,12H2,2H3. The number of aromatic hydroxyl groups is 1. The lowest BCUT2D eigenvalue weighted by Crippen LogP contribution is -2.04. The highest BCUT2D eigenvalue weighted by atomic mass is 16.3. The van der Waals surface area contributed by atoms with Gasteiger partial charge in [0.2, 0.25) is 0 Å². The van der Waals surface area contributed by atoms with Crippen LogP contribution < -0.4 is 5.73 Å². The lowest BCUT2D eigenvalue weighted by atomic mass is 9.81. The summed E-state index contributed by atoms with van der Waals surface area (Å²) in [5.41, 5.74) is 10.5. The van der Waals surface area contributed by atoms with E-state index in [0.29, 0.717) is 5.69 Å². The topological polar surface area (TPSA) is 46.2 Å². The highest BCUT2D eigenvalue weighted by Gasteiger charge is 2.21. The molecule has 0 heterocycles. The Labute approximate surface area is 77.0 Å². The van der Waals surface area contributed by atoms with Gasteiger partial charge in [0.1, 0.15) is 5.75 Å². The molecular weight excluding hydrogens is 162 g/mol. The average Bonchev–Trinajstić information content (AvgIpc) is 2.11. The third-order valence-electron chi connectivity index (χ3n) is 2.47. The molecule has 0 spiro atoms. The maximum atomic E-state index is 9.38. The number of allylic oxidation sites excluding steroid dienone is 3. The molecule has 1 aromatic rings. The lowest BCUT2D eigenvalue weighted by Gasteiger charge is -2.24. The molecule has 3 N–H and O–H groups in total. The molecule has 2 heteroatoms. The summed E-state index contributed by atoms with van der Waals surface area (Å²) in [5.74, 6) is 0.144. The van der Waals surface area contributed by atoms with Crippen LogP contribution in [0.25, 0.3) is 11.1 Å². The van der Waals surface area contributed by atoms with Crippen LogP contribution in [0.4, 0.5) is 5.69 Å². The zero-order valence-electron chi connectivity index (χ0n) is 7.46. The predicted molar refractivity (Wildman–Crippen MR) is 55.2 cm³/mol. The molecule has 0 fully saturated rings. The molecule has 13 heavy (non-hydrogen) atoms. The Morgan fingerprint density at radius 3 is 2.69 bits per heavy atom. The Morgan fingerprint density at radius 1 is 1.38 bits per heavy atom. The Balaban J connectivity index is 2.62. The highest BCUT2D eigenvalue weighted by Crippen LogP contribution is 2.44.